The Balaban J connectivity index is 2.16. The van der Waals surface area contributed by atoms with Crippen LogP contribution in [0, 0.1) is 6.92 Å². The number of ether oxygens (including phenoxy) is 1. The molecule has 1 aromatic heterocycles. The molecule has 0 radical (unpaired) electrons. The van der Waals surface area contributed by atoms with E-state index in [2.05, 4.69) is 10.3 Å². The molecular weight excluding hydrogens is 314 g/mol. The highest BCUT2D eigenvalue weighted by Crippen LogP contribution is 2.24. The van der Waals surface area contributed by atoms with Gasteiger partial charge >= 0.3 is 0 Å². The Kier molecular flexibility index (Phi) is 5.33. The normalized spacial score (nSPS) is 10.3. The molecule has 0 aliphatic carbocycles. The minimum absolute atomic E-state index is 0.126. The number of nitrogens with one attached hydrogen (secondary N) is 1. The number of anilines is 1. The van der Waals surface area contributed by atoms with Crippen molar-refractivity contribution < 1.29 is 14.3 Å². The topological polar surface area (TPSA) is 71.5 Å². The number of aryl methyl sites for hydroxylation is 1. The van der Waals surface area contributed by atoms with Gasteiger partial charge in [0, 0.05) is 19.7 Å². The lowest BCUT2D eigenvalue weighted by Gasteiger charge is -2.07. The number of aromatic nitrogens is 1. The van der Waals surface area contributed by atoms with Crippen LogP contribution in [0.3, 0.4) is 0 Å². The van der Waals surface area contributed by atoms with Crippen LogP contribution in [0.5, 0.6) is 5.75 Å². The Morgan fingerprint density at radius 1 is 1.35 bits per heavy atom. The fraction of sp³-hybridized carbons (Fsp3) is 0.312. The van der Waals surface area contributed by atoms with Crippen molar-refractivity contribution in [2.45, 2.75) is 13.8 Å². The van der Waals surface area contributed by atoms with E-state index in [0.717, 1.165) is 0 Å². The van der Waals surface area contributed by atoms with Gasteiger partial charge in [-0.15, -0.1) is 0 Å². The molecule has 6 nitrogen and oxygen atoms in total. The standard InChI is InChI=1S/C16H19N3O3S/c1-5-22-12-8-6-7-11(9-12)14(20)18-16-17-10(2)13(23-16)15(21)19(3)4/h6-9H,5H2,1-4H3,(H,17,18,20). The van der Waals surface area contributed by atoms with E-state index < -0.39 is 0 Å². The first-order chi connectivity index (χ1) is 10.9. The zero-order chi connectivity index (χ0) is 17.0. The zero-order valence-corrected chi connectivity index (χ0v) is 14.4. The molecule has 0 spiro atoms. The summed E-state index contributed by atoms with van der Waals surface area (Å²) < 4.78 is 5.38. The number of thiazole rings is 1. The molecule has 0 unspecified atom stereocenters. The van der Waals surface area contributed by atoms with Gasteiger partial charge in [0.2, 0.25) is 0 Å². The van der Waals surface area contributed by atoms with Gasteiger partial charge in [0.15, 0.2) is 5.13 Å². The molecule has 1 heterocycles. The summed E-state index contributed by atoms with van der Waals surface area (Å²) in [6.07, 6.45) is 0. The molecule has 23 heavy (non-hydrogen) atoms. The van der Waals surface area contributed by atoms with Gasteiger partial charge in [-0.25, -0.2) is 4.98 Å². The summed E-state index contributed by atoms with van der Waals surface area (Å²) in [4.78, 5) is 30.6. The molecule has 1 N–H and O–H groups in total. The van der Waals surface area contributed by atoms with Crippen LogP contribution in [0.15, 0.2) is 24.3 Å². The highest BCUT2D eigenvalue weighted by atomic mass is 32.1. The lowest BCUT2D eigenvalue weighted by molar-refractivity contribution is 0.0831. The number of carbonyl (C=O) groups excluding carboxylic acids is 2. The number of rotatable bonds is 5. The summed E-state index contributed by atoms with van der Waals surface area (Å²) in [7, 11) is 3.36. The molecule has 2 rings (SSSR count). The molecule has 0 atom stereocenters. The van der Waals surface area contributed by atoms with Crippen molar-refractivity contribution in [3.8, 4) is 5.75 Å². The average Bonchev–Trinajstić information content (AvgIpc) is 2.87. The number of carbonyl (C=O) groups is 2. The number of amides is 2. The van der Waals surface area contributed by atoms with Crippen LogP contribution < -0.4 is 10.1 Å². The maximum atomic E-state index is 12.3. The first-order valence-corrected chi connectivity index (χ1v) is 7.97. The van der Waals surface area contributed by atoms with Crippen molar-refractivity contribution in [3.05, 3.63) is 40.4 Å². The van der Waals surface area contributed by atoms with E-state index in [4.69, 9.17) is 4.74 Å². The van der Waals surface area contributed by atoms with Crippen molar-refractivity contribution in [2.75, 3.05) is 26.0 Å². The van der Waals surface area contributed by atoms with E-state index in [1.165, 1.54) is 16.2 Å². The molecule has 122 valence electrons. The molecular formula is C16H19N3O3S. The maximum Gasteiger partial charge on any atom is 0.265 e. The lowest BCUT2D eigenvalue weighted by Crippen LogP contribution is -2.21. The van der Waals surface area contributed by atoms with Crippen molar-refractivity contribution in [2.24, 2.45) is 0 Å². The van der Waals surface area contributed by atoms with E-state index in [1.54, 1.807) is 45.3 Å². The van der Waals surface area contributed by atoms with Gasteiger partial charge in [0.25, 0.3) is 11.8 Å². The fourth-order valence-corrected chi connectivity index (χ4v) is 2.90. The third-order valence-electron chi connectivity index (χ3n) is 3.02. The van der Waals surface area contributed by atoms with Crippen LogP contribution in [0.25, 0.3) is 0 Å². The van der Waals surface area contributed by atoms with Gasteiger partial charge in [-0.1, -0.05) is 17.4 Å². The Morgan fingerprint density at radius 2 is 2.09 bits per heavy atom. The molecule has 7 heteroatoms. The van der Waals surface area contributed by atoms with E-state index in [9.17, 15) is 9.59 Å². The van der Waals surface area contributed by atoms with E-state index in [-0.39, 0.29) is 11.8 Å². The highest BCUT2D eigenvalue weighted by molar-refractivity contribution is 7.17. The molecule has 0 bridgehead atoms. The van der Waals surface area contributed by atoms with Crippen molar-refractivity contribution in [1.82, 2.24) is 9.88 Å². The third kappa shape index (κ3) is 4.07. The summed E-state index contributed by atoms with van der Waals surface area (Å²) >= 11 is 1.17. The van der Waals surface area contributed by atoms with Crippen molar-refractivity contribution in [1.29, 1.82) is 0 Å². The molecule has 0 aliphatic heterocycles. The zero-order valence-electron chi connectivity index (χ0n) is 13.5. The monoisotopic (exact) mass is 333 g/mol. The Morgan fingerprint density at radius 3 is 2.74 bits per heavy atom. The minimum atomic E-state index is -0.288. The van der Waals surface area contributed by atoms with Gasteiger partial charge in [-0.05, 0) is 32.0 Å². The highest BCUT2D eigenvalue weighted by Gasteiger charge is 2.18. The largest absolute Gasteiger partial charge is 0.494 e. The van der Waals surface area contributed by atoms with Crippen molar-refractivity contribution in [3.63, 3.8) is 0 Å². The van der Waals surface area contributed by atoms with Gasteiger partial charge in [0.1, 0.15) is 10.6 Å². The second-order valence-electron chi connectivity index (χ2n) is 5.05. The summed E-state index contributed by atoms with van der Waals surface area (Å²) in [6, 6.07) is 6.92. The maximum absolute atomic E-state index is 12.3. The van der Waals surface area contributed by atoms with Crippen LogP contribution in [0.4, 0.5) is 5.13 Å². The fourth-order valence-electron chi connectivity index (χ4n) is 1.91. The number of hydrogen-bond acceptors (Lipinski definition) is 5. The van der Waals surface area contributed by atoms with Gasteiger partial charge in [0.05, 0.1) is 12.3 Å². The Labute approximate surface area is 139 Å². The van der Waals surface area contributed by atoms with Crippen LogP contribution in [0.2, 0.25) is 0 Å². The van der Waals surface area contributed by atoms with Crippen molar-refractivity contribution >= 4 is 28.3 Å². The van der Waals surface area contributed by atoms with Crippen LogP contribution in [0.1, 0.15) is 32.6 Å². The predicted molar refractivity (Wildman–Crippen MR) is 90.4 cm³/mol. The number of hydrogen-bond donors (Lipinski definition) is 1. The minimum Gasteiger partial charge on any atom is -0.494 e. The number of benzene rings is 1. The summed E-state index contributed by atoms with van der Waals surface area (Å²) in [6.45, 7) is 4.17. The van der Waals surface area contributed by atoms with Gasteiger partial charge in [-0.3, -0.25) is 14.9 Å². The Hall–Kier alpha value is -2.41. The van der Waals surface area contributed by atoms with E-state index in [0.29, 0.717) is 33.6 Å². The lowest BCUT2D eigenvalue weighted by atomic mass is 10.2. The predicted octanol–water partition coefficient (Wildman–Crippen LogP) is 2.80. The van der Waals surface area contributed by atoms with E-state index >= 15 is 0 Å². The molecule has 0 saturated carbocycles. The van der Waals surface area contributed by atoms with Crippen LogP contribution in [-0.2, 0) is 0 Å². The molecule has 0 saturated heterocycles. The Bertz CT molecular complexity index is 725. The molecule has 1 aromatic carbocycles. The average molecular weight is 333 g/mol. The first-order valence-electron chi connectivity index (χ1n) is 7.15. The summed E-state index contributed by atoms with van der Waals surface area (Å²) in [5.41, 5.74) is 1.08. The SMILES string of the molecule is CCOc1cccc(C(=O)Nc2nc(C)c(C(=O)N(C)C)s2)c1. The second-order valence-corrected chi connectivity index (χ2v) is 6.05. The molecule has 2 amide bonds. The van der Waals surface area contributed by atoms with Crippen LogP contribution in [-0.4, -0.2) is 42.4 Å². The molecule has 2 aromatic rings. The molecule has 0 aliphatic rings. The first kappa shape index (κ1) is 17.0. The quantitative estimate of drug-likeness (QED) is 0.913. The molecule has 0 fully saturated rings. The van der Waals surface area contributed by atoms with Gasteiger partial charge < -0.3 is 9.64 Å². The smallest absolute Gasteiger partial charge is 0.265 e. The van der Waals surface area contributed by atoms with Crippen LogP contribution >= 0.6 is 11.3 Å². The summed E-state index contributed by atoms with van der Waals surface area (Å²) in [5, 5.41) is 3.13. The number of nitrogens with zero attached hydrogens (tertiary/aromatic N) is 2. The van der Waals surface area contributed by atoms with E-state index in [1.807, 2.05) is 6.92 Å². The third-order valence-corrected chi connectivity index (χ3v) is 4.09. The second kappa shape index (κ2) is 7.23. The van der Waals surface area contributed by atoms with Gasteiger partial charge in [-0.2, -0.15) is 0 Å². The summed E-state index contributed by atoms with van der Waals surface area (Å²) in [5.74, 6) is 0.224.